The van der Waals surface area contributed by atoms with Gasteiger partial charge in [0.05, 0.1) is 5.71 Å². The number of carboxylic acids is 1. The van der Waals surface area contributed by atoms with E-state index in [1.807, 2.05) is 0 Å². The summed E-state index contributed by atoms with van der Waals surface area (Å²) in [6.07, 6.45) is 3.88. The van der Waals surface area contributed by atoms with E-state index in [2.05, 4.69) is 19.0 Å². The second-order valence-electron chi connectivity index (χ2n) is 5.63. The summed E-state index contributed by atoms with van der Waals surface area (Å²) in [5.74, 6) is -0.249. The predicted octanol–water partition coefficient (Wildman–Crippen LogP) is 2.51. The van der Waals surface area contributed by atoms with Crippen LogP contribution in [-0.4, -0.2) is 22.0 Å². The second-order valence-corrected chi connectivity index (χ2v) is 5.63. The van der Waals surface area contributed by atoms with Gasteiger partial charge >= 0.3 is 5.97 Å². The molecule has 0 aromatic carbocycles. The minimum Gasteiger partial charge on any atom is -0.481 e. The number of hydrogen-bond acceptors (Lipinski definition) is 3. The van der Waals surface area contributed by atoms with Gasteiger partial charge in [0.2, 0.25) is 0 Å². The van der Waals surface area contributed by atoms with Crippen LogP contribution >= 0.6 is 0 Å². The molecule has 2 rings (SSSR count). The normalized spacial score (nSPS) is 44.1. The van der Waals surface area contributed by atoms with Crippen molar-refractivity contribution in [3.63, 3.8) is 0 Å². The Hall–Kier alpha value is -1.06. The molecule has 2 saturated carbocycles. The number of aliphatic carboxylic acids is 1. The van der Waals surface area contributed by atoms with E-state index in [0.29, 0.717) is 12.3 Å². The van der Waals surface area contributed by atoms with Crippen molar-refractivity contribution >= 4 is 11.7 Å². The van der Waals surface area contributed by atoms with Crippen LogP contribution in [0.1, 0.15) is 46.0 Å². The molecular formula is C12H19NO3. The van der Waals surface area contributed by atoms with Crippen LogP contribution in [0.4, 0.5) is 0 Å². The first-order chi connectivity index (χ1) is 7.44. The van der Waals surface area contributed by atoms with E-state index in [9.17, 15) is 4.79 Å². The van der Waals surface area contributed by atoms with Crippen molar-refractivity contribution in [1.29, 1.82) is 0 Å². The number of oxime groups is 1. The molecule has 0 aromatic heterocycles. The Morgan fingerprint density at radius 2 is 2.25 bits per heavy atom. The monoisotopic (exact) mass is 225 g/mol. The van der Waals surface area contributed by atoms with Crippen LogP contribution in [0.25, 0.3) is 0 Å². The van der Waals surface area contributed by atoms with E-state index in [1.54, 1.807) is 0 Å². The highest BCUT2D eigenvalue weighted by Gasteiger charge is 2.62. The van der Waals surface area contributed by atoms with E-state index in [0.717, 1.165) is 25.0 Å². The van der Waals surface area contributed by atoms with Gasteiger partial charge in [-0.05, 0) is 37.0 Å². The predicted molar refractivity (Wildman–Crippen MR) is 59.6 cm³/mol. The van der Waals surface area contributed by atoms with E-state index in [1.165, 1.54) is 0 Å². The highest BCUT2D eigenvalue weighted by Crippen LogP contribution is 2.66. The number of fused-ring (bicyclic) bond motifs is 2. The average molecular weight is 225 g/mol. The molecule has 0 radical (unpaired) electrons. The minimum absolute atomic E-state index is 0.00699. The fourth-order valence-corrected chi connectivity index (χ4v) is 3.78. The number of nitrogens with zero attached hydrogens (tertiary/aromatic N) is 1. The lowest BCUT2D eigenvalue weighted by Crippen LogP contribution is -2.35. The van der Waals surface area contributed by atoms with E-state index in [4.69, 9.17) is 10.3 Å². The maximum absolute atomic E-state index is 10.7. The molecule has 0 unspecified atom stereocenters. The molecule has 2 aliphatic carbocycles. The first-order valence-corrected chi connectivity index (χ1v) is 5.87. The summed E-state index contributed by atoms with van der Waals surface area (Å²) in [6.45, 7) is 4.28. The third kappa shape index (κ3) is 1.28. The fourth-order valence-electron chi connectivity index (χ4n) is 3.78. The molecule has 16 heavy (non-hydrogen) atoms. The van der Waals surface area contributed by atoms with Gasteiger partial charge in [0.25, 0.3) is 0 Å². The Kier molecular flexibility index (Phi) is 2.48. The highest BCUT2D eigenvalue weighted by atomic mass is 16.4. The Labute approximate surface area is 95.3 Å². The van der Waals surface area contributed by atoms with Crippen LogP contribution in [0, 0.1) is 16.7 Å². The van der Waals surface area contributed by atoms with Crippen LogP contribution in [0.3, 0.4) is 0 Å². The molecule has 2 bridgehead atoms. The van der Waals surface area contributed by atoms with Crippen LogP contribution in [-0.2, 0) is 4.79 Å². The summed E-state index contributed by atoms with van der Waals surface area (Å²) in [6, 6.07) is 0. The number of carbonyl (C=O) groups is 1. The Morgan fingerprint density at radius 3 is 2.75 bits per heavy atom. The molecule has 4 heteroatoms. The Morgan fingerprint density at radius 1 is 1.56 bits per heavy atom. The first-order valence-electron chi connectivity index (χ1n) is 5.87. The first kappa shape index (κ1) is 11.4. The third-order valence-corrected chi connectivity index (χ3v) is 5.21. The molecular weight excluding hydrogens is 206 g/mol. The van der Waals surface area contributed by atoms with E-state index in [-0.39, 0.29) is 17.3 Å². The summed E-state index contributed by atoms with van der Waals surface area (Å²) >= 11 is 0. The van der Waals surface area contributed by atoms with Gasteiger partial charge in [0.1, 0.15) is 0 Å². The molecule has 2 N–H and O–H groups in total. The van der Waals surface area contributed by atoms with Gasteiger partial charge in [-0.2, -0.15) is 0 Å². The fraction of sp³-hybridized carbons (Fsp3) is 0.833. The van der Waals surface area contributed by atoms with Crippen LogP contribution in [0.5, 0.6) is 0 Å². The smallest absolute Gasteiger partial charge is 0.303 e. The second kappa shape index (κ2) is 3.47. The molecule has 2 aliphatic rings. The molecule has 0 amide bonds. The van der Waals surface area contributed by atoms with E-state index < -0.39 is 5.97 Å². The van der Waals surface area contributed by atoms with Gasteiger partial charge in [0.15, 0.2) is 0 Å². The zero-order valence-corrected chi connectivity index (χ0v) is 9.86. The zero-order valence-electron chi connectivity index (χ0n) is 9.86. The topological polar surface area (TPSA) is 69.9 Å². The molecule has 90 valence electrons. The molecule has 0 saturated heterocycles. The van der Waals surface area contributed by atoms with Crippen molar-refractivity contribution in [2.45, 2.75) is 46.0 Å². The molecule has 0 aromatic rings. The van der Waals surface area contributed by atoms with Gasteiger partial charge in [-0.3, -0.25) is 4.79 Å². The zero-order chi connectivity index (χ0) is 12.0. The van der Waals surface area contributed by atoms with Gasteiger partial charge in [-0.1, -0.05) is 19.0 Å². The summed E-state index contributed by atoms with van der Waals surface area (Å²) in [5.41, 5.74) is 0.770. The maximum Gasteiger partial charge on any atom is 0.303 e. The largest absolute Gasteiger partial charge is 0.481 e. The average Bonchev–Trinajstić information content (AvgIpc) is 2.60. The molecule has 0 spiro atoms. The standard InChI is InChI=1S/C12H19NO3/c1-11(6-4-10(14)15)8-3-5-12(11,2)9(7-8)13-16/h8,16H,3-7H2,1-2H3,(H,14,15)/b13-9-/t8-,11+,12+/m1/s1. The van der Waals surface area contributed by atoms with Gasteiger partial charge < -0.3 is 10.3 Å². The molecule has 2 fully saturated rings. The van der Waals surface area contributed by atoms with E-state index >= 15 is 0 Å². The van der Waals surface area contributed by atoms with Crippen LogP contribution in [0.2, 0.25) is 0 Å². The Balaban J connectivity index is 2.25. The van der Waals surface area contributed by atoms with Gasteiger partial charge in [-0.25, -0.2) is 0 Å². The van der Waals surface area contributed by atoms with Crippen molar-refractivity contribution in [2.75, 3.05) is 0 Å². The summed E-state index contributed by atoms with van der Waals surface area (Å²) in [4.78, 5) is 10.7. The summed E-state index contributed by atoms with van der Waals surface area (Å²) in [7, 11) is 0. The van der Waals surface area contributed by atoms with Crippen molar-refractivity contribution in [3.05, 3.63) is 0 Å². The maximum atomic E-state index is 10.7. The Bertz CT molecular complexity index is 352. The number of carboxylic acid groups (broad SMARTS) is 1. The van der Waals surface area contributed by atoms with Crippen LogP contribution in [0.15, 0.2) is 5.16 Å². The summed E-state index contributed by atoms with van der Waals surface area (Å²) in [5, 5.41) is 21.3. The quantitative estimate of drug-likeness (QED) is 0.572. The molecule has 3 atom stereocenters. The summed E-state index contributed by atoms with van der Waals surface area (Å²) < 4.78 is 0. The van der Waals surface area contributed by atoms with Crippen molar-refractivity contribution < 1.29 is 15.1 Å². The molecule has 0 aliphatic heterocycles. The number of hydrogen-bond donors (Lipinski definition) is 2. The number of rotatable bonds is 3. The van der Waals surface area contributed by atoms with Crippen molar-refractivity contribution in [2.24, 2.45) is 21.9 Å². The minimum atomic E-state index is -0.737. The molecule has 0 heterocycles. The lowest BCUT2D eigenvalue weighted by Gasteiger charge is -2.37. The lowest BCUT2D eigenvalue weighted by molar-refractivity contribution is -0.138. The lowest BCUT2D eigenvalue weighted by atomic mass is 9.66. The third-order valence-electron chi connectivity index (χ3n) is 5.21. The van der Waals surface area contributed by atoms with Crippen molar-refractivity contribution in [1.82, 2.24) is 0 Å². The van der Waals surface area contributed by atoms with Gasteiger partial charge in [0, 0.05) is 11.8 Å². The highest BCUT2D eigenvalue weighted by molar-refractivity contribution is 5.94. The SMILES string of the molecule is C[C@]12CC[C@H](C/C1=N/O)[C@]2(C)CCC(=O)O. The van der Waals surface area contributed by atoms with Crippen molar-refractivity contribution in [3.8, 4) is 0 Å². The van der Waals surface area contributed by atoms with Gasteiger partial charge in [-0.15, -0.1) is 0 Å². The van der Waals surface area contributed by atoms with Crippen LogP contribution < -0.4 is 0 Å². The molecule has 4 nitrogen and oxygen atoms in total.